The third-order valence-corrected chi connectivity index (χ3v) is 3.21. The van der Waals surface area contributed by atoms with Crippen LogP contribution in [0.1, 0.15) is 72.1 Å². The van der Waals surface area contributed by atoms with Crippen LogP contribution < -0.4 is 0 Å². The average molecular weight is 257 g/mol. The minimum Gasteiger partial charge on any atom is -0.392 e. The Balaban J connectivity index is 3.56. The van der Waals surface area contributed by atoms with Gasteiger partial charge in [0.2, 0.25) is 5.91 Å². The summed E-state index contributed by atoms with van der Waals surface area (Å²) >= 11 is 0. The predicted octanol–water partition coefficient (Wildman–Crippen LogP) is 3.36. The van der Waals surface area contributed by atoms with E-state index in [1.54, 1.807) is 11.8 Å². The summed E-state index contributed by atoms with van der Waals surface area (Å²) in [4.78, 5) is 13.6. The first-order valence-electron chi connectivity index (χ1n) is 7.57. The van der Waals surface area contributed by atoms with Gasteiger partial charge in [0.15, 0.2) is 0 Å². The number of amides is 1. The molecule has 0 aromatic heterocycles. The highest BCUT2D eigenvalue weighted by molar-refractivity contribution is 5.76. The molecule has 0 bridgehead atoms. The second-order valence-electron chi connectivity index (χ2n) is 5.15. The van der Waals surface area contributed by atoms with E-state index in [2.05, 4.69) is 6.92 Å². The lowest BCUT2D eigenvalue weighted by molar-refractivity contribution is -0.132. The van der Waals surface area contributed by atoms with Crippen LogP contribution in [-0.2, 0) is 4.79 Å². The molecular formula is C15H31NO2. The molecule has 3 heteroatoms. The van der Waals surface area contributed by atoms with Crippen LogP contribution in [0, 0.1) is 0 Å². The maximum Gasteiger partial charge on any atom is 0.222 e. The summed E-state index contributed by atoms with van der Waals surface area (Å²) in [7, 11) is 0. The molecule has 18 heavy (non-hydrogen) atoms. The van der Waals surface area contributed by atoms with Crippen LogP contribution in [0.15, 0.2) is 0 Å². The molecule has 0 rings (SSSR count). The zero-order valence-electron chi connectivity index (χ0n) is 12.5. The van der Waals surface area contributed by atoms with Crippen molar-refractivity contribution in [2.24, 2.45) is 0 Å². The molecule has 0 heterocycles. The first-order valence-corrected chi connectivity index (χ1v) is 7.57. The van der Waals surface area contributed by atoms with Crippen LogP contribution in [-0.4, -0.2) is 35.1 Å². The number of aliphatic hydroxyl groups is 1. The predicted molar refractivity (Wildman–Crippen MR) is 76.5 cm³/mol. The monoisotopic (exact) mass is 257 g/mol. The van der Waals surface area contributed by atoms with E-state index in [9.17, 15) is 9.90 Å². The largest absolute Gasteiger partial charge is 0.392 e. The molecule has 108 valence electrons. The Bertz CT molecular complexity index is 205. The van der Waals surface area contributed by atoms with E-state index in [0.717, 1.165) is 12.8 Å². The first kappa shape index (κ1) is 17.4. The highest BCUT2D eigenvalue weighted by Gasteiger charge is 2.12. The second-order valence-corrected chi connectivity index (χ2v) is 5.15. The van der Waals surface area contributed by atoms with E-state index in [-0.39, 0.29) is 5.91 Å². The zero-order chi connectivity index (χ0) is 13.8. The highest BCUT2D eigenvalue weighted by Crippen LogP contribution is 2.09. The number of hydrogen-bond acceptors (Lipinski definition) is 2. The van der Waals surface area contributed by atoms with Gasteiger partial charge in [0.05, 0.1) is 6.10 Å². The van der Waals surface area contributed by atoms with Crippen molar-refractivity contribution in [1.82, 2.24) is 4.90 Å². The van der Waals surface area contributed by atoms with Gasteiger partial charge in [-0.2, -0.15) is 0 Å². The number of likely N-dealkylation sites (N-methyl/N-ethyl adjacent to an activating group) is 1. The van der Waals surface area contributed by atoms with Gasteiger partial charge in [-0.1, -0.05) is 45.4 Å². The Morgan fingerprint density at radius 2 is 1.61 bits per heavy atom. The van der Waals surface area contributed by atoms with E-state index in [4.69, 9.17) is 0 Å². The molecule has 1 atom stereocenters. The molecule has 0 saturated carbocycles. The lowest BCUT2D eigenvalue weighted by Crippen LogP contribution is -2.36. The molecular weight excluding hydrogens is 226 g/mol. The van der Waals surface area contributed by atoms with Crippen molar-refractivity contribution in [1.29, 1.82) is 0 Å². The molecule has 0 spiro atoms. The summed E-state index contributed by atoms with van der Waals surface area (Å²) in [5.41, 5.74) is 0. The lowest BCUT2D eigenvalue weighted by Gasteiger charge is -2.22. The van der Waals surface area contributed by atoms with Gasteiger partial charge in [-0.05, 0) is 20.3 Å². The summed E-state index contributed by atoms with van der Waals surface area (Å²) in [6.45, 7) is 7.07. The van der Waals surface area contributed by atoms with Crippen molar-refractivity contribution in [2.45, 2.75) is 78.2 Å². The van der Waals surface area contributed by atoms with E-state index >= 15 is 0 Å². The van der Waals surface area contributed by atoms with Gasteiger partial charge in [0, 0.05) is 19.5 Å². The quantitative estimate of drug-likeness (QED) is 0.577. The fourth-order valence-electron chi connectivity index (χ4n) is 2.12. The molecule has 0 saturated heterocycles. The molecule has 0 fully saturated rings. The normalized spacial score (nSPS) is 12.4. The summed E-state index contributed by atoms with van der Waals surface area (Å²) in [5, 5.41) is 9.30. The number of nitrogens with zero attached hydrogens (tertiary/aromatic N) is 1. The highest BCUT2D eigenvalue weighted by atomic mass is 16.3. The standard InChI is InChI=1S/C15H31NO2/c1-4-6-7-8-9-10-11-12-15(18)16(5-2)13-14(3)17/h14,17H,4-13H2,1-3H3/t14-/m0/s1. The molecule has 1 amide bonds. The minimum atomic E-state index is -0.428. The summed E-state index contributed by atoms with van der Waals surface area (Å²) in [6, 6.07) is 0. The topological polar surface area (TPSA) is 40.5 Å². The molecule has 0 radical (unpaired) electrons. The van der Waals surface area contributed by atoms with Crippen LogP contribution in [0.4, 0.5) is 0 Å². The molecule has 0 unspecified atom stereocenters. The molecule has 0 aliphatic carbocycles. The maximum absolute atomic E-state index is 11.9. The Morgan fingerprint density at radius 1 is 1.06 bits per heavy atom. The van der Waals surface area contributed by atoms with Gasteiger partial charge >= 0.3 is 0 Å². The van der Waals surface area contributed by atoms with Crippen LogP contribution in [0.25, 0.3) is 0 Å². The Morgan fingerprint density at radius 3 is 2.11 bits per heavy atom. The maximum atomic E-state index is 11.9. The van der Waals surface area contributed by atoms with Crippen molar-refractivity contribution in [2.75, 3.05) is 13.1 Å². The van der Waals surface area contributed by atoms with Crippen molar-refractivity contribution in [3.05, 3.63) is 0 Å². The summed E-state index contributed by atoms with van der Waals surface area (Å²) in [6.07, 6.45) is 8.83. The Kier molecular flexibility index (Phi) is 11.2. The fourth-order valence-corrected chi connectivity index (χ4v) is 2.12. The van der Waals surface area contributed by atoms with Crippen molar-refractivity contribution < 1.29 is 9.90 Å². The van der Waals surface area contributed by atoms with Gasteiger partial charge in [-0.15, -0.1) is 0 Å². The summed E-state index contributed by atoms with van der Waals surface area (Å²) < 4.78 is 0. The van der Waals surface area contributed by atoms with Crippen molar-refractivity contribution in [3.63, 3.8) is 0 Å². The molecule has 1 N–H and O–H groups in total. The summed E-state index contributed by atoms with van der Waals surface area (Å²) in [5.74, 6) is 0.187. The molecule has 3 nitrogen and oxygen atoms in total. The van der Waals surface area contributed by atoms with E-state index in [0.29, 0.717) is 19.5 Å². The molecule has 0 aliphatic heterocycles. The third kappa shape index (κ3) is 9.46. The fraction of sp³-hybridized carbons (Fsp3) is 0.933. The molecule has 0 aliphatic rings. The average Bonchev–Trinajstić information content (AvgIpc) is 2.34. The smallest absolute Gasteiger partial charge is 0.222 e. The van der Waals surface area contributed by atoms with Gasteiger partial charge in [0.1, 0.15) is 0 Å². The van der Waals surface area contributed by atoms with Crippen LogP contribution in [0.3, 0.4) is 0 Å². The van der Waals surface area contributed by atoms with Gasteiger partial charge in [-0.25, -0.2) is 0 Å². The number of carbonyl (C=O) groups is 1. The number of rotatable bonds is 11. The van der Waals surface area contributed by atoms with E-state index < -0.39 is 6.10 Å². The number of carbonyl (C=O) groups excluding carboxylic acids is 1. The zero-order valence-corrected chi connectivity index (χ0v) is 12.5. The van der Waals surface area contributed by atoms with Crippen LogP contribution >= 0.6 is 0 Å². The molecule has 0 aromatic rings. The second kappa shape index (κ2) is 11.5. The van der Waals surface area contributed by atoms with Crippen LogP contribution in [0.5, 0.6) is 0 Å². The first-order chi connectivity index (χ1) is 8.61. The number of aliphatic hydroxyl groups excluding tert-OH is 1. The SMILES string of the molecule is CCCCCCCCCC(=O)N(CC)C[C@H](C)O. The van der Waals surface area contributed by atoms with Gasteiger partial charge in [0.25, 0.3) is 0 Å². The van der Waals surface area contributed by atoms with Crippen molar-refractivity contribution >= 4 is 5.91 Å². The Hall–Kier alpha value is -0.570. The Labute approximate surface area is 113 Å². The third-order valence-electron chi connectivity index (χ3n) is 3.21. The van der Waals surface area contributed by atoms with E-state index in [1.807, 2.05) is 6.92 Å². The molecule has 0 aromatic carbocycles. The van der Waals surface area contributed by atoms with Crippen LogP contribution in [0.2, 0.25) is 0 Å². The van der Waals surface area contributed by atoms with Gasteiger partial charge in [-0.3, -0.25) is 4.79 Å². The van der Waals surface area contributed by atoms with E-state index in [1.165, 1.54) is 32.1 Å². The van der Waals surface area contributed by atoms with Crippen molar-refractivity contribution in [3.8, 4) is 0 Å². The van der Waals surface area contributed by atoms with Gasteiger partial charge < -0.3 is 10.0 Å². The number of unbranched alkanes of at least 4 members (excludes halogenated alkanes) is 6. The minimum absolute atomic E-state index is 0.187. The number of hydrogen-bond donors (Lipinski definition) is 1. The lowest BCUT2D eigenvalue weighted by atomic mass is 10.1.